The molecule has 1 saturated heterocycles. The fraction of sp³-hybridized carbons (Fsp3) is 0.407. The average Bonchev–Trinajstić information content (AvgIpc) is 2.89. The van der Waals surface area contributed by atoms with E-state index >= 15 is 0 Å². The van der Waals surface area contributed by atoms with Crippen LogP contribution in [0.15, 0.2) is 59.9 Å². The number of carbonyl (C=O) groups excluding carboxylic acids is 1. The molecule has 0 spiro atoms. The van der Waals surface area contributed by atoms with Crippen molar-refractivity contribution in [3.05, 3.63) is 71.5 Å². The molecule has 1 heterocycles. The van der Waals surface area contributed by atoms with Gasteiger partial charge in [0.2, 0.25) is 0 Å². The van der Waals surface area contributed by atoms with Crippen molar-refractivity contribution in [2.75, 3.05) is 40.5 Å². The molecule has 0 aromatic heterocycles. The van der Waals surface area contributed by atoms with E-state index in [1.54, 1.807) is 0 Å². The fourth-order valence-corrected chi connectivity index (χ4v) is 3.86. The average molecular weight is 467 g/mol. The largest absolute Gasteiger partial charge is 0.503 e. The Bertz CT molecular complexity index is 979. The topological polar surface area (TPSA) is 69.6 Å². The van der Waals surface area contributed by atoms with Crippen molar-refractivity contribution in [1.29, 1.82) is 0 Å². The molecule has 34 heavy (non-hydrogen) atoms. The molecule has 0 unspecified atom stereocenters. The van der Waals surface area contributed by atoms with Gasteiger partial charge in [-0.3, -0.25) is 4.90 Å². The van der Waals surface area contributed by atoms with Gasteiger partial charge < -0.3 is 19.0 Å². The predicted octanol–water partition coefficient (Wildman–Crippen LogP) is 4.65. The maximum Gasteiger partial charge on any atom is 0.341 e. The van der Waals surface area contributed by atoms with Crippen LogP contribution < -0.4 is 4.74 Å². The highest BCUT2D eigenvalue weighted by atomic mass is 16.6. The maximum absolute atomic E-state index is 12.2. The molecule has 0 bridgehead atoms. The van der Waals surface area contributed by atoms with Crippen LogP contribution in [-0.2, 0) is 25.7 Å². The fourth-order valence-electron chi connectivity index (χ4n) is 3.86. The van der Waals surface area contributed by atoms with E-state index in [1.807, 2.05) is 55.5 Å². The van der Waals surface area contributed by atoms with E-state index in [9.17, 15) is 4.79 Å². The highest BCUT2D eigenvalue weighted by Crippen LogP contribution is 2.23. The molecular formula is C27H34N2O5. The smallest absolute Gasteiger partial charge is 0.341 e. The minimum absolute atomic E-state index is 0.292. The van der Waals surface area contributed by atoms with Crippen LogP contribution >= 0.6 is 0 Å². The van der Waals surface area contributed by atoms with Crippen LogP contribution in [-0.4, -0.2) is 57.0 Å². The van der Waals surface area contributed by atoms with E-state index in [0.29, 0.717) is 30.1 Å². The van der Waals surface area contributed by atoms with E-state index in [2.05, 4.69) is 10.1 Å². The number of methoxy groups -OCH3 is 2. The standard InChI is InChI=1S/C27H34N2O5/c1-21(28-34-18-17-29-15-7-4-8-16-29)22-11-13-24(14-12-22)33-19-23-9-5-6-10-25(23)26(20-31-2)27(30)32-3/h5-6,9-14,20H,4,7-8,15-19H2,1-3H3/b26-20-,28-21+. The third-order valence-electron chi connectivity index (χ3n) is 5.76. The third-order valence-corrected chi connectivity index (χ3v) is 5.76. The number of carbonyl (C=O) groups is 1. The summed E-state index contributed by atoms with van der Waals surface area (Å²) in [7, 11) is 2.84. The first-order chi connectivity index (χ1) is 16.6. The second kappa shape index (κ2) is 13.4. The van der Waals surface area contributed by atoms with Crippen molar-refractivity contribution >= 4 is 17.3 Å². The molecule has 2 aromatic rings. The Morgan fingerprint density at radius 3 is 2.47 bits per heavy atom. The summed E-state index contributed by atoms with van der Waals surface area (Å²) < 4.78 is 15.9. The zero-order valence-electron chi connectivity index (χ0n) is 20.3. The second-order valence-corrected chi connectivity index (χ2v) is 8.14. The van der Waals surface area contributed by atoms with E-state index in [1.165, 1.54) is 39.7 Å². The van der Waals surface area contributed by atoms with Gasteiger partial charge in [-0.2, -0.15) is 0 Å². The number of likely N-dealkylation sites (tertiary alicyclic amines) is 1. The zero-order chi connectivity index (χ0) is 24.2. The molecule has 0 saturated carbocycles. The monoisotopic (exact) mass is 466 g/mol. The molecular weight excluding hydrogens is 432 g/mol. The van der Waals surface area contributed by atoms with Gasteiger partial charge >= 0.3 is 5.97 Å². The van der Waals surface area contributed by atoms with E-state index in [-0.39, 0.29) is 0 Å². The van der Waals surface area contributed by atoms with Gasteiger partial charge in [0.05, 0.1) is 26.2 Å². The van der Waals surface area contributed by atoms with Crippen molar-refractivity contribution in [2.24, 2.45) is 5.16 Å². The maximum atomic E-state index is 12.2. The normalized spacial score (nSPS) is 15.0. The minimum Gasteiger partial charge on any atom is -0.503 e. The van der Waals surface area contributed by atoms with E-state index in [0.717, 1.165) is 36.5 Å². The summed E-state index contributed by atoms with van der Waals surface area (Å²) in [5, 5.41) is 4.26. The Balaban J connectivity index is 1.56. The lowest BCUT2D eigenvalue weighted by molar-refractivity contribution is -0.133. The molecule has 182 valence electrons. The third kappa shape index (κ3) is 7.35. The van der Waals surface area contributed by atoms with Gasteiger partial charge in [-0.25, -0.2) is 4.79 Å². The lowest BCUT2D eigenvalue weighted by Crippen LogP contribution is -2.32. The number of oxime groups is 1. The first-order valence-corrected chi connectivity index (χ1v) is 11.6. The van der Waals surface area contributed by atoms with Crippen molar-refractivity contribution < 1.29 is 23.8 Å². The van der Waals surface area contributed by atoms with E-state index in [4.69, 9.17) is 19.0 Å². The number of hydrogen-bond acceptors (Lipinski definition) is 7. The number of hydrogen-bond donors (Lipinski definition) is 0. The van der Waals surface area contributed by atoms with E-state index < -0.39 is 5.97 Å². The Kier molecular flexibility index (Phi) is 9.98. The molecule has 7 heteroatoms. The first kappa shape index (κ1) is 25.3. The Morgan fingerprint density at radius 1 is 1.03 bits per heavy atom. The Morgan fingerprint density at radius 2 is 1.76 bits per heavy atom. The van der Waals surface area contributed by atoms with Gasteiger partial charge in [0.15, 0.2) is 0 Å². The lowest BCUT2D eigenvalue weighted by atomic mass is 10.0. The molecule has 0 amide bonds. The van der Waals surface area contributed by atoms with Crippen LogP contribution in [0, 0.1) is 0 Å². The number of rotatable bonds is 11. The summed E-state index contributed by atoms with van der Waals surface area (Å²) in [4.78, 5) is 20.1. The molecule has 0 N–H and O–H groups in total. The molecule has 0 atom stereocenters. The molecule has 0 radical (unpaired) electrons. The van der Waals surface area contributed by atoms with Gasteiger partial charge in [0, 0.05) is 6.54 Å². The van der Waals surface area contributed by atoms with Gasteiger partial charge in [-0.05, 0) is 73.8 Å². The summed E-state index contributed by atoms with van der Waals surface area (Å²) in [6.45, 7) is 6.06. The van der Waals surface area contributed by atoms with Crippen molar-refractivity contribution in [3.8, 4) is 5.75 Å². The molecule has 7 nitrogen and oxygen atoms in total. The quantitative estimate of drug-likeness (QED) is 0.120. The number of nitrogens with zero attached hydrogens (tertiary/aromatic N) is 2. The summed E-state index contributed by atoms with van der Waals surface area (Å²) in [6.07, 6.45) is 5.27. The first-order valence-electron chi connectivity index (χ1n) is 11.6. The second-order valence-electron chi connectivity index (χ2n) is 8.14. The van der Waals surface area contributed by atoms with Crippen LogP contribution in [0.2, 0.25) is 0 Å². The summed E-state index contributed by atoms with van der Waals surface area (Å²) in [5.41, 5.74) is 3.69. The zero-order valence-corrected chi connectivity index (χ0v) is 20.3. The highest BCUT2D eigenvalue weighted by Gasteiger charge is 2.17. The van der Waals surface area contributed by atoms with Crippen LogP contribution in [0.25, 0.3) is 5.57 Å². The molecule has 2 aromatic carbocycles. The Hall–Kier alpha value is -3.32. The number of benzene rings is 2. The van der Waals surface area contributed by atoms with Crippen molar-refractivity contribution in [3.63, 3.8) is 0 Å². The lowest BCUT2D eigenvalue weighted by Gasteiger charge is -2.25. The van der Waals surface area contributed by atoms with Gasteiger partial charge in [-0.1, -0.05) is 35.8 Å². The van der Waals surface area contributed by atoms with Crippen LogP contribution in [0.3, 0.4) is 0 Å². The molecule has 3 rings (SSSR count). The summed E-state index contributed by atoms with van der Waals surface area (Å²) in [6, 6.07) is 15.2. The predicted molar refractivity (Wildman–Crippen MR) is 133 cm³/mol. The van der Waals surface area contributed by atoms with Gasteiger partial charge in [0.1, 0.15) is 24.5 Å². The van der Waals surface area contributed by atoms with Crippen LogP contribution in [0.1, 0.15) is 42.9 Å². The number of piperidine rings is 1. The SMILES string of the molecule is CO/C=C(\C(=O)OC)c1ccccc1COc1ccc(/C(C)=N/OCCN2CCCCC2)cc1. The summed E-state index contributed by atoms with van der Waals surface area (Å²) in [5.74, 6) is 0.249. The summed E-state index contributed by atoms with van der Waals surface area (Å²) >= 11 is 0. The highest BCUT2D eigenvalue weighted by molar-refractivity contribution is 6.16. The number of esters is 1. The van der Waals surface area contributed by atoms with Crippen molar-refractivity contribution in [1.82, 2.24) is 4.90 Å². The molecule has 1 fully saturated rings. The van der Waals surface area contributed by atoms with Crippen molar-refractivity contribution in [2.45, 2.75) is 32.8 Å². The van der Waals surface area contributed by atoms with Crippen LogP contribution in [0.4, 0.5) is 0 Å². The Labute approximate surface area is 201 Å². The minimum atomic E-state index is -0.466. The molecule has 0 aliphatic carbocycles. The van der Waals surface area contributed by atoms with Gasteiger partial charge in [-0.15, -0.1) is 0 Å². The molecule has 1 aliphatic heterocycles. The van der Waals surface area contributed by atoms with Gasteiger partial charge in [0.25, 0.3) is 0 Å². The molecule has 1 aliphatic rings. The number of ether oxygens (including phenoxy) is 3. The van der Waals surface area contributed by atoms with Crippen LogP contribution in [0.5, 0.6) is 5.75 Å².